The highest BCUT2D eigenvalue weighted by Crippen LogP contribution is 2.02. The predicted molar refractivity (Wildman–Crippen MR) is 62.9 cm³/mol. The van der Waals surface area contributed by atoms with Crippen molar-refractivity contribution in [3.63, 3.8) is 0 Å². The largest absolute Gasteiger partial charge is 0.389 e. The average Bonchev–Trinajstić information content (AvgIpc) is 2.16. The Balaban J connectivity index is 2.65. The standard InChI is InChI=1S/C10H15N5O/c1-4-5-16-15-9(11)14-10-12-7(2)6-8(3)13-10/h4,6H,1,5H2,2-3H3,(H3,11,12,13,14,15). The van der Waals surface area contributed by atoms with Gasteiger partial charge in [-0.2, -0.15) is 0 Å². The van der Waals surface area contributed by atoms with Crippen LogP contribution in [0.5, 0.6) is 0 Å². The first-order valence-electron chi connectivity index (χ1n) is 4.77. The highest BCUT2D eigenvalue weighted by molar-refractivity contribution is 5.90. The predicted octanol–water partition coefficient (Wildman–Crippen LogP) is 0.938. The van der Waals surface area contributed by atoms with Crippen LogP contribution in [0.3, 0.4) is 0 Å². The molecule has 0 aliphatic heterocycles. The molecule has 0 unspecified atom stereocenters. The Morgan fingerprint density at radius 1 is 1.56 bits per heavy atom. The van der Waals surface area contributed by atoms with Crippen LogP contribution in [0, 0.1) is 13.8 Å². The molecule has 6 nitrogen and oxygen atoms in total. The Morgan fingerprint density at radius 3 is 2.75 bits per heavy atom. The number of aromatic nitrogens is 2. The number of oxime groups is 1. The molecule has 0 saturated carbocycles. The molecule has 3 N–H and O–H groups in total. The van der Waals surface area contributed by atoms with E-state index in [1.54, 1.807) is 6.08 Å². The molecule has 1 heterocycles. The van der Waals surface area contributed by atoms with Crippen LogP contribution in [0.4, 0.5) is 5.95 Å². The van der Waals surface area contributed by atoms with Gasteiger partial charge in [0.15, 0.2) is 0 Å². The van der Waals surface area contributed by atoms with Crippen LogP contribution in [0.15, 0.2) is 23.9 Å². The van der Waals surface area contributed by atoms with Crippen molar-refractivity contribution in [1.82, 2.24) is 9.97 Å². The first-order valence-corrected chi connectivity index (χ1v) is 4.77. The number of hydrogen-bond acceptors (Lipinski definition) is 4. The van der Waals surface area contributed by atoms with Crippen LogP contribution in [0.25, 0.3) is 0 Å². The molecule has 0 aromatic carbocycles. The van der Waals surface area contributed by atoms with Crippen LogP contribution >= 0.6 is 0 Å². The molecular formula is C10H15N5O. The van der Waals surface area contributed by atoms with Gasteiger partial charge in [0.2, 0.25) is 11.9 Å². The molecule has 86 valence electrons. The molecule has 0 radical (unpaired) electrons. The summed E-state index contributed by atoms with van der Waals surface area (Å²) in [6.07, 6.45) is 1.57. The summed E-state index contributed by atoms with van der Waals surface area (Å²) < 4.78 is 0. The normalized spacial score (nSPS) is 11.0. The Labute approximate surface area is 94.2 Å². The lowest BCUT2D eigenvalue weighted by atomic mass is 10.4. The molecule has 0 bridgehead atoms. The van der Waals surface area contributed by atoms with Crippen LogP contribution in [-0.2, 0) is 4.84 Å². The fourth-order valence-electron chi connectivity index (χ4n) is 1.08. The van der Waals surface area contributed by atoms with Gasteiger partial charge in [0.25, 0.3) is 0 Å². The lowest BCUT2D eigenvalue weighted by molar-refractivity contribution is 0.174. The van der Waals surface area contributed by atoms with E-state index in [1.807, 2.05) is 19.9 Å². The summed E-state index contributed by atoms with van der Waals surface area (Å²) in [6.45, 7) is 7.54. The molecule has 0 saturated heterocycles. The monoisotopic (exact) mass is 221 g/mol. The van der Waals surface area contributed by atoms with Crippen molar-refractivity contribution in [2.24, 2.45) is 10.9 Å². The lowest BCUT2D eigenvalue weighted by Gasteiger charge is -2.04. The Morgan fingerprint density at radius 2 is 2.19 bits per heavy atom. The fraction of sp³-hybridized carbons (Fsp3) is 0.300. The Kier molecular flexibility index (Phi) is 4.26. The summed E-state index contributed by atoms with van der Waals surface area (Å²) >= 11 is 0. The van der Waals surface area contributed by atoms with Gasteiger partial charge >= 0.3 is 0 Å². The zero-order valence-electron chi connectivity index (χ0n) is 9.40. The summed E-state index contributed by atoms with van der Waals surface area (Å²) in [5.74, 6) is 0.507. The van der Waals surface area contributed by atoms with Gasteiger partial charge in [0.1, 0.15) is 6.61 Å². The maximum Gasteiger partial charge on any atom is 0.237 e. The third-order valence-corrected chi connectivity index (χ3v) is 1.58. The molecule has 16 heavy (non-hydrogen) atoms. The number of nitrogens with one attached hydrogen (secondary N) is 1. The van der Waals surface area contributed by atoms with Crippen molar-refractivity contribution < 1.29 is 4.84 Å². The number of anilines is 1. The van der Waals surface area contributed by atoms with Gasteiger partial charge in [-0.3, -0.25) is 5.32 Å². The zero-order chi connectivity index (χ0) is 12.0. The first kappa shape index (κ1) is 12.0. The van der Waals surface area contributed by atoms with Crippen molar-refractivity contribution in [1.29, 1.82) is 0 Å². The summed E-state index contributed by atoms with van der Waals surface area (Å²) in [7, 11) is 0. The molecule has 0 fully saturated rings. The van der Waals surface area contributed by atoms with Crippen LogP contribution in [0.2, 0.25) is 0 Å². The summed E-state index contributed by atoms with van der Waals surface area (Å²) in [4.78, 5) is 13.1. The summed E-state index contributed by atoms with van der Waals surface area (Å²) in [5, 5.41) is 6.33. The first-order chi connectivity index (χ1) is 7.61. The fourth-order valence-corrected chi connectivity index (χ4v) is 1.08. The molecule has 0 atom stereocenters. The minimum Gasteiger partial charge on any atom is -0.389 e. The maximum atomic E-state index is 5.55. The molecular weight excluding hydrogens is 206 g/mol. The van der Waals surface area contributed by atoms with Gasteiger partial charge < -0.3 is 10.6 Å². The second kappa shape index (κ2) is 5.69. The van der Waals surface area contributed by atoms with Crippen LogP contribution in [-0.4, -0.2) is 22.5 Å². The van der Waals surface area contributed by atoms with Crippen LogP contribution in [0.1, 0.15) is 11.4 Å². The van der Waals surface area contributed by atoms with Crippen molar-refractivity contribution in [2.75, 3.05) is 11.9 Å². The minimum atomic E-state index is 0.104. The van der Waals surface area contributed by atoms with E-state index in [0.717, 1.165) is 11.4 Å². The van der Waals surface area contributed by atoms with E-state index < -0.39 is 0 Å². The van der Waals surface area contributed by atoms with Gasteiger partial charge in [-0.25, -0.2) is 9.97 Å². The van der Waals surface area contributed by atoms with Crippen LogP contribution < -0.4 is 11.1 Å². The third kappa shape index (κ3) is 3.95. The molecule has 0 spiro atoms. The number of aryl methyl sites for hydroxylation is 2. The van der Waals surface area contributed by atoms with Crippen molar-refractivity contribution in [2.45, 2.75) is 13.8 Å². The summed E-state index contributed by atoms with van der Waals surface area (Å²) in [5.41, 5.74) is 7.26. The molecule has 6 heteroatoms. The van der Waals surface area contributed by atoms with Gasteiger partial charge in [0, 0.05) is 11.4 Å². The van der Waals surface area contributed by atoms with Gasteiger partial charge in [-0.05, 0) is 25.1 Å². The Hall–Kier alpha value is -2.11. The van der Waals surface area contributed by atoms with E-state index in [2.05, 4.69) is 27.0 Å². The SMILES string of the molecule is C=CCON=C(N)Nc1nc(C)cc(C)n1. The maximum absolute atomic E-state index is 5.55. The highest BCUT2D eigenvalue weighted by Gasteiger charge is 2.00. The molecule has 0 aliphatic carbocycles. The minimum absolute atomic E-state index is 0.104. The number of nitrogens with zero attached hydrogens (tertiary/aromatic N) is 3. The molecule has 1 rings (SSSR count). The molecule has 1 aromatic heterocycles. The third-order valence-electron chi connectivity index (χ3n) is 1.58. The Bertz CT molecular complexity index is 382. The number of guanidine groups is 1. The van der Waals surface area contributed by atoms with Gasteiger partial charge in [0.05, 0.1) is 0 Å². The van der Waals surface area contributed by atoms with Crippen molar-refractivity contribution >= 4 is 11.9 Å². The van der Waals surface area contributed by atoms with E-state index in [4.69, 9.17) is 10.6 Å². The highest BCUT2D eigenvalue weighted by atomic mass is 16.6. The van der Waals surface area contributed by atoms with E-state index in [1.165, 1.54) is 0 Å². The topological polar surface area (TPSA) is 85.4 Å². The molecule has 0 amide bonds. The summed E-state index contributed by atoms with van der Waals surface area (Å²) in [6, 6.07) is 1.87. The second-order valence-electron chi connectivity index (χ2n) is 3.16. The lowest BCUT2D eigenvalue weighted by Crippen LogP contribution is -2.24. The zero-order valence-corrected chi connectivity index (χ0v) is 9.40. The van der Waals surface area contributed by atoms with E-state index >= 15 is 0 Å². The second-order valence-corrected chi connectivity index (χ2v) is 3.16. The van der Waals surface area contributed by atoms with Crippen molar-refractivity contribution in [3.05, 3.63) is 30.1 Å². The van der Waals surface area contributed by atoms with Crippen molar-refractivity contribution in [3.8, 4) is 0 Å². The van der Waals surface area contributed by atoms with E-state index in [9.17, 15) is 0 Å². The van der Waals surface area contributed by atoms with E-state index in [-0.39, 0.29) is 5.96 Å². The average molecular weight is 221 g/mol. The number of nitrogens with two attached hydrogens (primary N) is 1. The van der Waals surface area contributed by atoms with Gasteiger partial charge in [-0.15, -0.1) is 0 Å². The smallest absolute Gasteiger partial charge is 0.237 e. The number of rotatable bonds is 4. The molecule has 0 aliphatic rings. The quantitative estimate of drug-likeness (QED) is 0.260. The molecule has 1 aromatic rings. The van der Waals surface area contributed by atoms with E-state index in [0.29, 0.717) is 12.6 Å². The van der Waals surface area contributed by atoms with Gasteiger partial charge in [-0.1, -0.05) is 12.7 Å². The number of hydrogen-bond donors (Lipinski definition) is 2.